The van der Waals surface area contributed by atoms with Crippen LogP contribution in [0.25, 0.3) is 0 Å². The van der Waals surface area contributed by atoms with Crippen LogP contribution in [0.2, 0.25) is 0 Å². The van der Waals surface area contributed by atoms with E-state index in [1.54, 1.807) is 0 Å². The molecule has 3 nitrogen and oxygen atoms in total. The maximum Gasteiger partial charge on any atom is 0.122 e. The molecule has 5 fully saturated rings. The number of fused-ring (bicyclic) bond motifs is 5. The Morgan fingerprint density at radius 1 is 0.900 bits per heavy atom. The van der Waals surface area contributed by atoms with Crippen molar-refractivity contribution in [2.75, 3.05) is 6.54 Å². The molecule has 5 unspecified atom stereocenters. The molecule has 3 heteroatoms. The number of aliphatic hydroxyl groups is 1. The lowest BCUT2D eigenvalue weighted by Crippen LogP contribution is -2.56. The van der Waals surface area contributed by atoms with E-state index in [0.717, 1.165) is 54.9 Å². The third-order valence-corrected chi connectivity index (χ3v) is 11.0. The number of hydrogen-bond acceptors (Lipinski definition) is 3. The summed E-state index contributed by atoms with van der Waals surface area (Å²) in [7, 11) is 0. The van der Waals surface area contributed by atoms with Gasteiger partial charge in [0.15, 0.2) is 0 Å². The Kier molecular flexibility index (Phi) is 5.81. The number of hydrogen-bond donors (Lipinski definition) is 2. The molecule has 0 radical (unpaired) electrons. The summed E-state index contributed by atoms with van der Waals surface area (Å²) >= 11 is 0. The van der Waals surface area contributed by atoms with E-state index < -0.39 is 0 Å². The van der Waals surface area contributed by atoms with Crippen LogP contribution in [0.15, 0.2) is 0 Å². The maximum absolute atomic E-state index is 10.3. The van der Waals surface area contributed by atoms with E-state index in [1.165, 1.54) is 57.8 Å². The largest absolute Gasteiger partial charge is 0.393 e. The van der Waals surface area contributed by atoms with E-state index in [-0.39, 0.29) is 11.8 Å². The summed E-state index contributed by atoms with van der Waals surface area (Å²) in [5.74, 6) is 5.51. The zero-order valence-corrected chi connectivity index (χ0v) is 20.0. The molecule has 2 N–H and O–H groups in total. The van der Waals surface area contributed by atoms with E-state index in [2.05, 4.69) is 33.0 Å². The quantitative estimate of drug-likeness (QED) is 0.527. The molecule has 0 aromatic carbocycles. The summed E-state index contributed by atoms with van der Waals surface area (Å²) < 4.78 is 7.01. The lowest BCUT2D eigenvalue weighted by atomic mass is 9.53. The van der Waals surface area contributed by atoms with Crippen LogP contribution in [-0.4, -0.2) is 29.6 Å². The van der Waals surface area contributed by atoms with Gasteiger partial charge in [-0.05, 0) is 98.7 Å². The lowest BCUT2D eigenvalue weighted by Gasteiger charge is -2.52. The van der Waals surface area contributed by atoms with E-state index in [4.69, 9.17) is 4.74 Å². The Bertz CT molecular complexity index is 614. The highest BCUT2D eigenvalue weighted by Crippen LogP contribution is 2.67. The summed E-state index contributed by atoms with van der Waals surface area (Å²) in [5, 5.41) is 14.2. The van der Waals surface area contributed by atoms with Gasteiger partial charge in [-0.15, -0.1) is 0 Å². The van der Waals surface area contributed by atoms with Crippen molar-refractivity contribution >= 4 is 0 Å². The van der Waals surface area contributed by atoms with Crippen LogP contribution in [0.4, 0.5) is 0 Å². The predicted octanol–water partition coefficient (Wildman–Crippen LogP) is 5.76. The molecule has 2 heterocycles. The Hall–Kier alpha value is -0.120. The summed E-state index contributed by atoms with van der Waals surface area (Å²) in [6, 6.07) is 0. The van der Waals surface area contributed by atoms with Gasteiger partial charge in [0.2, 0.25) is 0 Å². The molecule has 2 aliphatic heterocycles. The van der Waals surface area contributed by atoms with E-state index in [0.29, 0.717) is 17.4 Å². The summed E-state index contributed by atoms with van der Waals surface area (Å²) in [4.78, 5) is 0. The number of piperidine rings is 1. The van der Waals surface area contributed by atoms with Crippen molar-refractivity contribution in [3.63, 3.8) is 0 Å². The van der Waals surface area contributed by atoms with Crippen LogP contribution in [0.5, 0.6) is 0 Å². The highest BCUT2D eigenvalue weighted by molar-refractivity contribution is 5.14. The molecule has 0 bridgehead atoms. The number of rotatable bonds is 0. The molecule has 5 aliphatic rings. The molecule has 3 saturated carbocycles. The molecular weight excluding hydrogens is 370 g/mol. The van der Waals surface area contributed by atoms with Gasteiger partial charge in [0, 0.05) is 12.5 Å². The van der Waals surface area contributed by atoms with Gasteiger partial charge in [-0.1, -0.05) is 40.5 Å². The van der Waals surface area contributed by atoms with Crippen molar-refractivity contribution in [3.8, 4) is 0 Å². The molecule has 0 aromatic heterocycles. The topological polar surface area (TPSA) is 41.5 Å². The van der Waals surface area contributed by atoms with E-state index in [1.807, 2.05) is 0 Å². The van der Waals surface area contributed by atoms with Gasteiger partial charge >= 0.3 is 0 Å². The van der Waals surface area contributed by atoms with Gasteiger partial charge in [-0.25, -0.2) is 0 Å². The van der Waals surface area contributed by atoms with Crippen LogP contribution in [0, 0.1) is 46.8 Å². The van der Waals surface area contributed by atoms with Crippen LogP contribution >= 0.6 is 0 Å². The van der Waals surface area contributed by atoms with Crippen molar-refractivity contribution in [3.05, 3.63) is 0 Å². The van der Waals surface area contributed by atoms with Gasteiger partial charge in [0.05, 0.1) is 12.2 Å². The lowest BCUT2D eigenvalue weighted by molar-refractivity contribution is -0.113. The minimum Gasteiger partial charge on any atom is -0.393 e. The number of aliphatic hydroxyl groups excluding tert-OH is 1. The summed E-state index contributed by atoms with van der Waals surface area (Å²) in [6.07, 6.45) is 14.2. The first-order chi connectivity index (χ1) is 14.3. The minimum atomic E-state index is -0.0557. The normalized spacial score (nSPS) is 56.9. The number of nitrogens with one attached hydrogen (secondary N) is 1. The molecule has 0 amide bonds. The van der Waals surface area contributed by atoms with Crippen LogP contribution in [0.3, 0.4) is 0 Å². The third-order valence-electron chi connectivity index (χ3n) is 11.0. The van der Waals surface area contributed by atoms with Crippen LogP contribution in [-0.2, 0) is 4.74 Å². The van der Waals surface area contributed by atoms with Gasteiger partial charge in [0.25, 0.3) is 0 Å². The number of ether oxygens (including phenoxy) is 1. The molecule has 172 valence electrons. The first kappa shape index (κ1) is 21.7. The van der Waals surface area contributed by atoms with Crippen molar-refractivity contribution in [1.82, 2.24) is 5.32 Å². The maximum atomic E-state index is 10.3. The van der Waals surface area contributed by atoms with Gasteiger partial charge in [-0.3, -0.25) is 5.32 Å². The second-order valence-electron chi connectivity index (χ2n) is 12.6. The van der Waals surface area contributed by atoms with Crippen molar-refractivity contribution in [2.24, 2.45) is 46.8 Å². The van der Waals surface area contributed by atoms with Crippen molar-refractivity contribution < 1.29 is 9.84 Å². The molecule has 30 heavy (non-hydrogen) atoms. The Labute approximate surface area is 185 Å². The highest BCUT2D eigenvalue weighted by atomic mass is 16.5. The Morgan fingerprint density at radius 3 is 2.47 bits per heavy atom. The molecule has 0 aromatic rings. The third kappa shape index (κ3) is 3.41. The zero-order chi connectivity index (χ0) is 21.1. The van der Waals surface area contributed by atoms with Crippen molar-refractivity contribution in [1.29, 1.82) is 0 Å². The fourth-order valence-corrected chi connectivity index (χ4v) is 9.21. The summed E-state index contributed by atoms with van der Waals surface area (Å²) in [5.41, 5.74) is 0.426. The van der Waals surface area contributed by atoms with Crippen LogP contribution in [0.1, 0.15) is 98.3 Å². The molecular formula is C27H47NO2. The first-order valence-corrected chi connectivity index (χ1v) is 13.4. The Balaban J connectivity index is 1.37. The fourth-order valence-electron chi connectivity index (χ4n) is 9.21. The molecule has 3 aliphatic carbocycles. The fraction of sp³-hybridized carbons (Fsp3) is 1.00. The average Bonchev–Trinajstić information content (AvgIpc) is 3.16. The average molecular weight is 418 g/mol. The van der Waals surface area contributed by atoms with Crippen molar-refractivity contribution in [2.45, 2.75) is 116 Å². The molecule has 11 atom stereocenters. The first-order valence-electron chi connectivity index (χ1n) is 13.4. The smallest absolute Gasteiger partial charge is 0.122 e. The molecule has 5 rings (SSSR count). The van der Waals surface area contributed by atoms with Crippen LogP contribution < -0.4 is 5.32 Å². The van der Waals surface area contributed by atoms with E-state index in [9.17, 15) is 5.11 Å². The molecule has 1 spiro atoms. The SMILES string of the molecule is CC1C2C(CC3[C@@H]4CCCC[C@@H](O)CC[C@H](C)C4CC[C@]23C)O[C@@]12CC[C@H](C)CN2. The minimum absolute atomic E-state index is 0.0353. The standard InChI is InChI=1S/C27H47NO2/c1-17-11-14-27(28-16-17)19(3)25-24(30-27)15-23-22-8-6-5-7-20(29)10-9-18(2)21(22)12-13-26(23,25)4/h17-25,28-29H,5-16H2,1-4H3/t17-,18-,19?,20+,21?,22+,23?,24?,25?,26-,27-/m0/s1. The van der Waals surface area contributed by atoms with Gasteiger partial charge in [-0.2, -0.15) is 0 Å². The van der Waals surface area contributed by atoms with E-state index >= 15 is 0 Å². The van der Waals surface area contributed by atoms with Gasteiger partial charge < -0.3 is 9.84 Å². The second-order valence-corrected chi connectivity index (χ2v) is 12.6. The summed E-state index contributed by atoms with van der Waals surface area (Å²) in [6.45, 7) is 11.2. The monoisotopic (exact) mass is 417 g/mol. The Morgan fingerprint density at radius 2 is 1.70 bits per heavy atom. The second kappa shape index (κ2) is 8.03. The molecule has 2 saturated heterocycles. The zero-order valence-electron chi connectivity index (χ0n) is 20.0. The van der Waals surface area contributed by atoms with Gasteiger partial charge in [0.1, 0.15) is 5.72 Å². The highest BCUT2D eigenvalue weighted by Gasteiger charge is 2.66. The predicted molar refractivity (Wildman–Crippen MR) is 122 cm³/mol.